The number of aryl methyl sites for hydroxylation is 1. The maximum Gasteiger partial charge on any atom is 0.263 e. The van der Waals surface area contributed by atoms with Gasteiger partial charge in [0, 0.05) is 69.0 Å². The Morgan fingerprint density at radius 2 is 1.82 bits per heavy atom. The molecule has 2 aliphatic rings. The molecule has 0 radical (unpaired) electrons. The fourth-order valence-electron chi connectivity index (χ4n) is 5.06. The van der Waals surface area contributed by atoms with E-state index >= 15 is 4.39 Å². The third-order valence-electron chi connectivity index (χ3n) is 7.34. The van der Waals surface area contributed by atoms with Crippen LogP contribution in [0.5, 0.6) is 11.6 Å². The SMILES string of the molecule is Cc1cc2c(F)c(Oc3ncnc(Nc4ccc(N5CCNCC5)cn4)c3C(=O)N3CCN(C)CC3)ccc2[nH]1. The Morgan fingerprint density at radius 3 is 2.58 bits per heavy atom. The first-order valence-electron chi connectivity index (χ1n) is 13.4. The second-order valence-electron chi connectivity index (χ2n) is 10.2. The van der Waals surface area contributed by atoms with Crippen molar-refractivity contribution in [3.05, 3.63) is 59.9 Å². The van der Waals surface area contributed by atoms with Gasteiger partial charge in [-0.1, -0.05) is 0 Å². The van der Waals surface area contributed by atoms with E-state index < -0.39 is 5.82 Å². The number of hydrogen-bond donors (Lipinski definition) is 3. The number of fused-ring (bicyclic) bond motifs is 1. The molecule has 2 fully saturated rings. The van der Waals surface area contributed by atoms with Crippen molar-refractivity contribution in [3.8, 4) is 11.6 Å². The standard InChI is InChI=1S/C28H32FN9O2/c1-18-15-20-21(34-18)4-5-22(25(20)29)40-27-24(28(39)38-13-11-36(2)12-14-38)26(32-17-33-27)35-23-6-3-19(16-31-23)37-9-7-30-8-10-37/h3-6,15-17,30,34H,7-14H2,1-2H3,(H,31,32,33,35). The number of nitrogens with zero attached hydrogens (tertiary/aromatic N) is 6. The van der Waals surface area contributed by atoms with Crippen LogP contribution in [0.4, 0.5) is 21.7 Å². The van der Waals surface area contributed by atoms with Crippen molar-refractivity contribution >= 4 is 34.1 Å². The van der Waals surface area contributed by atoms with Gasteiger partial charge < -0.3 is 35.1 Å². The summed E-state index contributed by atoms with van der Waals surface area (Å²) in [5, 5.41) is 6.93. The summed E-state index contributed by atoms with van der Waals surface area (Å²) in [4.78, 5) is 36.4. The average molecular weight is 546 g/mol. The van der Waals surface area contributed by atoms with Gasteiger partial charge in [-0.25, -0.2) is 19.3 Å². The lowest BCUT2D eigenvalue weighted by Gasteiger charge is -2.32. The lowest BCUT2D eigenvalue weighted by Crippen LogP contribution is -2.47. The van der Waals surface area contributed by atoms with Crippen LogP contribution in [0.25, 0.3) is 10.9 Å². The fourth-order valence-corrected chi connectivity index (χ4v) is 5.06. The number of amides is 1. The summed E-state index contributed by atoms with van der Waals surface area (Å²) >= 11 is 0. The Labute approximate surface area is 231 Å². The first-order valence-corrected chi connectivity index (χ1v) is 13.4. The number of likely N-dealkylation sites (N-methyl/N-ethyl adjacent to an activating group) is 1. The highest BCUT2D eigenvalue weighted by Crippen LogP contribution is 2.34. The van der Waals surface area contributed by atoms with E-state index in [0.717, 1.165) is 50.6 Å². The minimum absolute atomic E-state index is 0.0237. The van der Waals surface area contributed by atoms with Gasteiger partial charge in [-0.05, 0) is 44.3 Å². The lowest BCUT2D eigenvalue weighted by molar-refractivity contribution is 0.0661. The van der Waals surface area contributed by atoms with Gasteiger partial charge in [-0.15, -0.1) is 0 Å². The van der Waals surface area contributed by atoms with E-state index in [-0.39, 0.29) is 28.9 Å². The van der Waals surface area contributed by atoms with Crippen LogP contribution < -0.4 is 20.3 Å². The molecule has 0 spiro atoms. The van der Waals surface area contributed by atoms with Crippen molar-refractivity contribution in [3.63, 3.8) is 0 Å². The highest BCUT2D eigenvalue weighted by molar-refractivity contribution is 6.01. The van der Waals surface area contributed by atoms with Gasteiger partial charge in [0.15, 0.2) is 17.4 Å². The largest absolute Gasteiger partial charge is 0.435 e. The van der Waals surface area contributed by atoms with E-state index in [4.69, 9.17) is 4.74 Å². The quantitative estimate of drug-likeness (QED) is 0.336. The summed E-state index contributed by atoms with van der Waals surface area (Å²) in [6, 6.07) is 8.84. The first-order chi connectivity index (χ1) is 19.5. The normalized spacial score (nSPS) is 16.4. The minimum Gasteiger partial charge on any atom is -0.435 e. The third kappa shape index (κ3) is 5.27. The first kappa shape index (κ1) is 26.0. The van der Waals surface area contributed by atoms with Gasteiger partial charge in [-0.2, -0.15) is 0 Å². The number of pyridine rings is 1. The molecule has 0 saturated carbocycles. The van der Waals surface area contributed by atoms with Crippen molar-refractivity contribution in [2.24, 2.45) is 0 Å². The molecule has 2 saturated heterocycles. The zero-order chi connectivity index (χ0) is 27.6. The van der Waals surface area contributed by atoms with Crippen LogP contribution in [0, 0.1) is 12.7 Å². The highest BCUT2D eigenvalue weighted by atomic mass is 19.1. The van der Waals surface area contributed by atoms with Crippen molar-refractivity contribution < 1.29 is 13.9 Å². The van der Waals surface area contributed by atoms with Gasteiger partial charge in [0.25, 0.3) is 5.91 Å². The molecular weight excluding hydrogens is 513 g/mol. The molecule has 40 heavy (non-hydrogen) atoms. The molecule has 5 heterocycles. The summed E-state index contributed by atoms with van der Waals surface area (Å²) in [5.41, 5.74) is 2.65. The number of carbonyl (C=O) groups excluding carboxylic acids is 1. The zero-order valence-electron chi connectivity index (χ0n) is 22.6. The van der Waals surface area contributed by atoms with E-state index in [0.29, 0.717) is 29.8 Å². The predicted molar refractivity (Wildman–Crippen MR) is 151 cm³/mol. The van der Waals surface area contributed by atoms with Crippen LogP contribution in [0.3, 0.4) is 0 Å². The van der Waals surface area contributed by atoms with Crippen LogP contribution in [0.15, 0.2) is 42.9 Å². The number of aromatic amines is 1. The maximum absolute atomic E-state index is 15.4. The number of piperazine rings is 2. The topological polar surface area (TPSA) is 115 Å². The molecule has 1 aromatic carbocycles. The summed E-state index contributed by atoms with van der Waals surface area (Å²) in [6.45, 7) is 8.12. The number of hydrogen-bond acceptors (Lipinski definition) is 9. The Balaban J connectivity index is 1.33. The molecule has 0 aliphatic carbocycles. The van der Waals surface area contributed by atoms with E-state index in [1.54, 1.807) is 23.2 Å². The number of H-pyrrole nitrogens is 1. The molecule has 2 aliphatic heterocycles. The summed E-state index contributed by atoms with van der Waals surface area (Å²) in [6.07, 6.45) is 3.10. The minimum atomic E-state index is -0.530. The maximum atomic E-state index is 15.4. The lowest BCUT2D eigenvalue weighted by atomic mass is 10.2. The fraction of sp³-hybridized carbons (Fsp3) is 0.357. The molecular formula is C28H32FN9O2. The van der Waals surface area contributed by atoms with Gasteiger partial charge in [-0.3, -0.25) is 4.79 Å². The van der Waals surface area contributed by atoms with Gasteiger partial charge in [0.2, 0.25) is 5.88 Å². The Morgan fingerprint density at radius 1 is 1.02 bits per heavy atom. The van der Waals surface area contributed by atoms with Crippen LogP contribution in [-0.2, 0) is 0 Å². The smallest absolute Gasteiger partial charge is 0.263 e. The Bertz CT molecular complexity index is 1510. The Hall–Kier alpha value is -4.29. The predicted octanol–water partition coefficient (Wildman–Crippen LogP) is 3.13. The average Bonchev–Trinajstić information content (AvgIpc) is 3.37. The van der Waals surface area contributed by atoms with Crippen molar-refractivity contribution in [2.45, 2.75) is 6.92 Å². The van der Waals surface area contributed by atoms with Crippen LogP contribution in [-0.4, -0.2) is 95.0 Å². The number of carbonyl (C=O) groups is 1. The summed E-state index contributed by atoms with van der Waals surface area (Å²) in [5.74, 6) is -0.103. The number of aromatic nitrogens is 4. The van der Waals surface area contributed by atoms with Crippen molar-refractivity contribution in [1.29, 1.82) is 0 Å². The molecule has 3 aromatic heterocycles. The molecule has 208 valence electrons. The number of ether oxygens (including phenoxy) is 1. The zero-order valence-corrected chi connectivity index (χ0v) is 22.6. The Kier molecular flexibility index (Phi) is 7.18. The van der Waals surface area contributed by atoms with Crippen molar-refractivity contribution in [2.75, 3.05) is 69.6 Å². The monoisotopic (exact) mass is 545 g/mol. The van der Waals surface area contributed by atoms with Gasteiger partial charge in [0.1, 0.15) is 17.7 Å². The third-order valence-corrected chi connectivity index (χ3v) is 7.34. The van der Waals surface area contributed by atoms with Crippen LogP contribution >= 0.6 is 0 Å². The molecule has 11 nitrogen and oxygen atoms in total. The number of rotatable bonds is 6. The van der Waals surface area contributed by atoms with E-state index in [2.05, 4.69) is 40.4 Å². The number of benzene rings is 1. The molecule has 4 aromatic rings. The second-order valence-corrected chi connectivity index (χ2v) is 10.2. The van der Waals surface area contributed by atoms with Gasteiger partial charge >= 0.3 is 0 Å². The molecule has 6 rings (SSSR count). The molecule has 1 amide bonds. The molecule has 0 atom stereocenters. The second kappa shape index (κ2) is 11.1. The summed E-state index contributed by atoms with van der Waals surface area (Å²) in [7, 11) is 2.02. The summed E-state index contributed by atoms with van der Waals surface area (Å²) < 4.78 is 21.4. The van der Waals surface area contributed by atoms with Gasteiger partial charge in [0.05, 0.1) is 11.9 Å². The van der Waals surface area contributed by atoms with Crippen LogP contribution in [0.2, 0.25) is 0 Å². The van der Waals surface area contributed by atoms with E-state index in [1.807, 2.05) is 26.1 Å². The molecule has 0 bridgehead atoms. The highest BCUT2D eigenvalue weighted by Gasteiger charge is 2.29. The van der Waals surface area contributed by atoms with E-state index in [9.17, 15) is 4.79 Å². The molecule has 0 unspecified atom stereocenters. The van der Waals surface area contributed by atoms with Crippen molar-refractivity contribution in [1.82, 2.24) is 35.1 Å². The molecule has 3 N–H and O–H groups in total. The number of nitrogens with one attached hydrogen (secondary N) is 3. The molecule has 12 heteroatoms. The number of anilines is 3. The number of halogens is 1. The van der Waals surface area contributed by atoms with Crippen LogP contribution in [0.1, 0.15) is 16.1 Å². The van der Waals surface area contributed by atoms with E-state index in [1.165, 1.54) is 12.4 Å².